The van der Waals surface area contributed by atoms with E-state index in [4.69, 9.17) is 10.00 Å². The van der Waals surface area contributed by atoms with E-state index < -0.39 is 0 Å². The molecule has 0 aliphatic rings. The molecule has 0 unspecified atom stereocenters. The van der Waals surface area contributed by atoms with E-state index in [1.807, 2.05) is 42.5 Å². The second-order valence-corrected chi connectivity index (χ2v) is 5.44. The van der Waals surface area contributed by atoms with Gasteiger partial charge in [0.2, 0.25) is 0 Å². The van der Waals surface area contributed by atoms with Crippen LogP contribution in [0.5, 0.6) is 11.5 Å². The van der Waals surface area contributed by atoms with Crippen LogP contribution in [0.2, 0.25) is 0 Å². The minimum Gasteiger partial charge on any atom is -0.457 e. The van der Waals surface area contributed by atoms with Crippen LogP contribution in [-0.2, 0) is 11.8 Å². The Morgan fingerprint density at radius 2 is 1.84 bits per heavy atom. The Morgan fingerprint density at radius 1 is 1.11 bits per heavy atom. The molecule has 0 fully saturated rings. The minimum absolute atomic E-state index is 0.420. The maximum atomic E-state index is 8.63. The van der Waals surface area contributed by atoms with E-state index in [9.17, 15) is 0 Å². The van der Waals surface area contributed by atoms with Gasteiger partial charge in [0.15, 0.2) is 0 Å². The van der Waals surface area contributed by atoms with Gasteiger partial charge in [-0.2, -0.15) is 5.26 Å². The Morgan fingerprint density at radius 3 is 2.47 bits per heavy atom. The minimum atomic E-state index is 0.420. The third-order valence-corrected chi connectivity index (χ3v) is 3.70. The zero-order valence-electron chi connectivity index (χ0n) is 10.1. The molecular weight excluding hydrogens is 370 g/mol. The molecule has 4 heteroatoms. The summed E-state index contributed by atoms with van der Waals surface area (Å²) in [6, 6.07) is 15.6. The van der Waals surface area contributed by atoms with E-state index >= 15 is 0 Å². The third kappa shape index (κ3) is 3.82. The lowest BCUT2D eigenvalue weighted by atomic mass is 10.1. The molecule has 0 aliphatic heterocycles. The van der Waals surface area contributed by atoms with E-state index in [1.54, 1.807) is 0 Å². The van der Waals surface area contributed by atoms with Gasteiger partial charge in [-0.05, 0) is 29.8 Å². The molecule has 2 rings (SSSR count). The molecule has 0 saturated heterocycles. The van der Waals surface area contributed by atoms with Crippen LogP contribution in [0.1, 0.15) is 11.1 Å². The van der Waals surface area contributed by atoms with Crippen molar-refractivity contribution in [3.63, 3.8) is 0 Å². The Labute approximate surface area is 129 Å². The molecule has 0 heterocycles. The summed E-state index contributed by atoms with van der Waals surface area (Å²) < 4.78 is 6.85. The Bertz CT molecular complexity index is 603. The van der Waals surface area contributed by atoms with Crippen molar-refractivity contribution in [1.29, 1.82) is 5.26 Å². The molecule has 2 aromatic rings. The lowest BCUT2D eigenvalue weighted by molar-refractivity contribution is 0.478. The quantitative estimate of drug-likeness (QED) is 0.682. The number of alkyl halides is 1. The first kappa shape index (κ1) is 14.1. The van der Waals surface area contributed by atoms with Crippen LogP contribution in [0.3, 0.4) is 0 Å². The van der Waals surface area contributed by atoms with Gasteiger partial charge < -0.3 is 4.74 Å². The highest BCUT2D eigenvalue weighted by Gasteiger charge is 2.05. The third-order valence-electron chi connectivity index (χ3n) is 2.61. The van der Waals surface area contributed by atoms with E-state index in [2.05, 4.69) is 37.9 Å². The molecule has 0 radical (unpaired) electrons. The highest BCUT2D eigenvalue weighted by atomic mass is 79.9. The maximum Gasteiger partial charge on any atom is 0.132 e. The zero-order valence-corrected chi connectivity index (χ0v) is 13.2. The van der Waals surface area contributed by atoms with Crippen LogP contribution in [0.25, 0.3) is 0 Å². The van der Waals surface area contributed by atoms with Gasteiger partial charge in [0.25, 0.3) is 0 Å². The van der Waals surface area contributed by atoms with Gasteiger partial charge >= 0.3 is 0 Å². The number of hydrogen-bond donors (Lipinski definition) is 0. The first-order chi connectivity index (χ1) is 9.22. The highest BCUT2D eigenvalue weighted by molar-refractivity contribution is 9.10. The number of rotatable bonds is 4. The average molecular weight is 381 g/mol. The van der Waals surface area contributed by atoms with Gasteiger partial charge in [-0.3, -0.25) is 0 Å². The molecule has 2 nitrogen and oxygen atoms in total. The van der Waals surface area contributed by atoms with Gasteiger partial charge in [-0.1, -0.05) is 50.1 Å². The maximum absolute atomic E-state index is 8.63. The second-order valence-electron chi connectivity index (χ2n) is 3.97. The standard InChI is InChI=1S/C15H11Br2NO/c16-10-12-3-4-13(17)9-15(12)19-14-5-1-11(2-6-14)7-8-18/h1-6,9H,7,10H2. The van der Waals surface area contributed by atoms with Crippen molar-refractivity contribution >= 4 is 31.9 Å². The summed E-state index contributed by atoms with van der Waals surface area (Å²) >= 11 is 6.89. The van der Waals surface area contributed by atoms with Crippen molar-refractivity contribution in [2.24, 2.45) is 0 Å². The summed E-state index contributed by atoms with van der Waals surface area (Å²) in [6.45, 7) is 0. The van der Waals surface area contributed by atoms with Crippen LogP contribution < -0.4 is 4.74 Å². The fraction of sp³-hybridized carbons (Fsp3) is 0.133. The van der Waals surface area contributed by atoms with E-state index in [0.29, 0.717) is 6.42 Å². The molecule has 19 heavy (non-hydrogen) atoms. The van der Waals surface area contributed by atoms with Gasteiger partial charge in [0.1, 0.15) is 11.5 Å². The zero-order chi connectivity index (χ0) is 13.7. The summed E-state index contributed by atoms with van der Waals surface area (Å²) in [5.74, 6) is 1.58. The lowest BCUT2D eigenvalue weighted by Crippen LogP contribution is -1.90. The topological polar surface area (TPSA) is 33.0 Å². The first-order valence-corrected chi connectivity index (χ1v) is 7.62. The van der Waals surface area contributed by atoms with Crippen molar-refractivity contribution in [2.45, 2.75) is 11.8 Å². The molecule has 0 amide bonds. The molecule has 0 atom stereocenters. The van der Waals surface area contributed by atoms with E-state index in [-0.39, 0.29) is 0 Å². The van der Waals surface area contributed by atoms with Crippen LogP contribution in [0, 0.1) is 11.3 Å². The van der Waals surface area contributed by atoms with Gasteiger partial charge in [-0.15, -0.1) is 0 Å². The fourth-order valence-electron chi connectivity index (χ4n) is 1.63. The first-order valence-electron chi connectivity index (χ1n) is 5.71. The Kier molecular flexibility index (Phi) is 5.00. The van der Waals surface area contributed by atoms with Gasteiger partial charge in [-0.25, -0.2) is 0 Å². The Balaban J connectivity index is 2.21. The van der Waals surface area contributed by atoms with Gasteiger partial charge in [0, 0.05) is 15.4 Å². The van der Waals surface area contributed by atoms with Gasteiger partial charge in [0.05, 0.1) is 12.5 Å². The molecule has 0 aromatic heterocycles. The van der Waals surface area contributed by atoms with Crippen molar-refractivity contribution in [3.8, 4) is 17.6 Å². The molecule has 0 N–H and O–H groups in total. The van der Waals surface area contributed by atoms with Crippen LogP contribution >= 0.6 is 31.9 Å². The number of nitriles is 1. The summed E-state index contributed by atoms with van der Waals surface area (Å²) in [5, 5.41) is 9.37. The van der Waals surface area contributed by atoms with E-state index in [1.165, 1.54) is 0 Å². The molecule has 0 spiro atoms. The number of nitrogens with zero attached hydrogens (tertiary/aromatic N) is 1. The molecule has 2 aromatic carbocycles. The fourth-order valence-corrected chi connectivity index (χ4v) is 2.43. The van der Waals surface area contributed by atoms with Crippen molar-refractivity contribution < 1.29 is 4.74 Å². The average Bonchev–Trinajstić information content (AvgIpc) is 2.42. The lowest BCUT2D eigenvalue weighted by Gasteiger charge is -2.10. The summed E-state index contributed by atoms with van der Waals surface area (Å²) in [6.07, 6.45) is 0.420. The summed E-state index contributed by atoms with van der Waals surface area (Å²) in [4.78, 5) is 0. The van der Waals surface area contributed by atoms with E-state index in [0.717, 1.165) is 32.4 Å². The number of halogens is 2. The second kappa shape index (κ2) is 6.74. The molecule has 0 saturated carbocycles. The highest BCUT2D eigenvalue weighted by Crippen LogP contribution is 2.30. The predicted octanol–water partition coefficient (Wildman–Crippen LogP) is 5.20. The predicted molar refractivity (Wildman–Crippen MR) is 82.6 cm³/mol. The largest absolute Gasteiger partial charge is 0.457 e. The van der Waals surface area contributed by atoms with Crippen molar-refractivity contribution in [2.75, 3.05) is 0 Å². The normalized spacial score (nSPS) is 9.95. The molecular formula is C15H11Br2NO. The molecule has 96 valence electrons. The monoisotopic (exact) mass is 379 g/mol. The molecule has 0 aliphatic carbocycles. The molecule has 0 bridgehead atoms. The number of benzene rings is 2. The van der Waals surface area contributed by atoms with Crippen LogP contribution in [0.15, 0.2) is 46.9 Å². The smallest absolute Gasteiger partial charge is 0.132 e. The van der Waals surface area contributed by atoms with Crippen molar-refractivity contribution in [3.05, 3.63) is 58.1 Å². The Hall–Kier alpha value is -1.31. The summed E-state index contributed by atoms with van der Waals surface area (Å²) in [7, 11) is 0. The van der Waals surface area contributed by atoms with Crippen LogP contribution in [-0.4, -0.2) is 0 Å². The number of ether oxygens (including phenoxy) is 1. The SMILES string of the molecule is N#CCc1ccc(Oc2cc(Br)ccc2CBr)cc1. The van der Waals surface area contributed by atoms with Crippen molar-refractivity contribution in [1.82, 2.24) is 0 Å². The summed E-state index contributed by atoms with van der Waals surface area (Å²) in [5.41, 5.74) is 2.08. The van der Waals surface area contributed by atoms with Crippen LogP contribution in [0.4, 0.5) is 0 Å². The number of hydrogen-bond acceptors (Lipinski definition) is 2.